The van der Waals surface area contributed by atoms with Crippen LogP contribution in [0.4, 0.5) is 11.8 Å². The largest absolute Gasteiger partial charge is 0.481 e. The lowest BCUT2D eigenvalue weighted by Gasteiger charge is -2.33. The fraction of sp³-hybridized carbons (Fsp3) is 0.579. The molecule has 2 saturated heterocycles. The highest BCUT2D eigenvalue weighted by Gasteiger charge is 2.24. The van der Waals surface area contributed by atoms with Gasteiger partial charge in [-0.25, -0.2) is 4.98 Å². The van der Waals surface area contributed by atoms with E-state index in [4.69, 9.17) is 10.1 Å². The van der Waals surface area contributed by atoms with Gasteiger partial charge in [0, 0.05) is 49.6 Å². The molecule has 144 valence electrons. The molecule has 4 heterocycles. The molecule has 8 heteroatoms. The average molecular weight is 370 g/mol. The van der Waals surface area contributed by atoms with Gasteiger partial charge in [0.1, 0.15) is 5.82 Å². The van der Waals surface area contributed by atoms with Gasteiger partial charge >= 0.3 is 5.97 Å². The number of hydrogen-bond donors (Lipinski definition) is 2. The number of H-pyrrole nitrogens is 1. The van der Waals surface area contributed by atoms with Crippen LogP contribution < -0.4 is 9.80 Å². The highest BCUT2D eigenvalue weighted by molar-refractivity contribution is 5.69. The van der Waals surface area contributed by atoms with E-state index in [1.807, 2.05) is 13.0 Å². The molecule has 2 aliphatic heterocycles. The maximum atomic E-state index is 10.8. The predicted molar refractivity (Wildman–Crippen MR) is 102 cm³/mol. The van der Waals surface area contributed by atoms with E-state index in [2.05, 4.69) is 31.0 Å². The summed E-state index contributed by atoms with van der Waals surface area (Å²) in [4.78, 5) is 24.9. The normalized spacial score (nSPS) is 18.3. The lowest BCUT2D eigenvalue weighted by molar-refractivity contribution is -0.136. The minimum Gasteiger partial charge on any atom is -0.481 e. The van der Waals surface area contributed by atoms with Crippen molar-refractivity contribution in [3.8, 4) is 0 Å². The standard InChI is InChI=1S/C19H26N6O2/c1-13-10-17(21-19(20-13)25-6-2-3-7-25)24-8-4-14(5-9-24)16-11-15(22-23-16)12-18(26)27/h10-11,14H,2-9,12H2,1H3,(H,22,23)(H,26,27). The number of aliphatic carboxylic acids is 1. The maximum Gasteiger partial charge on any atom is 0.309 e. The average Bonchev–Trinajstić information content (AvgIpc) is 3.33. The third-order valence-electron chi connectivity index (χ3n) is 5.46. The Morgan fingerprint density at radius 1 is 1.15 bits per heavy atom. The Balaban J connectivity index is 1.41. The van der Waals surface area contributed by atoms with E-state index in [9.17, 15) is 4.79 Å². The van der Waals surface area contributed by atoms with E-state index in [-0.39, 0.29) is 6.42 Å². The van der Waals surface area contributed by atoms with Gasteiger partial charge in [0.25, 0.3) is 0 Å². The van der Waals surface area contributed by atoms with Crippen molar-refractivity contribution in [2.24, 2.45) is 0 Å². The van der Waals surface area contributed by atoms with Crippen molar-refractivity contribution >= 4 is 17.7 Å². The third kappa shape index (κ3) is 4.04. The summed E-state index contributed by atoms with van der Waals surface area (Å²) in [7, 11) is 0. The lowest BCUT2D eigenvalue weighted by Crippen LogP contribution is -2.34. The highest BCUT2D eigenvalue weighted by Crippen LogP contribution is 2.30. The Bertz CT molecular complexity index is 806. The molecule has 0 aliphatic carbocycles. The second-order valence-corrected chi connectivity index (χ2v) is 7.51. The van der Waals surface area contributed by atoms with Crippen molar-refractivity contribution < 1.29 is 9.90 Å². The zero-order valence-corrected chi connectivity index (χ0v) is 15.7. The smallest absolute Gasteiger partial charge is 0.309 e. The molecule has 0 bridgehead atoms. The van der Waals surface area contributed by atoms with Crippen LogP contribution in [0.5, 0.6) is 0 Å². The molecule has 8 nitrogen and oxygen atoms in total. The summed E-state index contributed by atoms with van der Waals surface area (Å²) in [5.74, 6) is 1.41. The lowest BCUT2D eigenvalue weighted by atomic mass is 9.93. The summed E-state index contributed by atoms with van der Waals surface area (Å²) in [6, 6.07) is 3.97. The van der Waals surface area contributed by atoms with E-state index in [0.29, 0.717) is 11.6 Å². The van der Waals surface area contributed by atoms with E-state index in [1.54, 1.807) is 0 Å². The van der Waals surface area contributed by atoms with Crippen LogP contribution in [-0.2, 0) is 11.2 Å². The van der Waals surface area contributed by atoms with Crippen molar-refractivity contribution in [2.75, 3.05) is 36.0 Å². The van der Waals surface area contributed by atoms with Gasteiger partial charge in [-0.05, 0) is 38.7 Å². The number of carboxylic acids is 1. The van der Waals surface area contributed by atoms with Gasteiger partial charge in [-0.3, -0.25) is 9.89 Å². The topological polar surface area (TPSA) is 98.2 Å². The predicted octanol–water partition coefficient (Wildman–Crippen LogP) is 2.12. The van der Waals surface area contributed by atoms with Crippen molar-refractivity contribution in [1.29, 1.82) is 0 Å². The van der Waals surface area contributed by atoms with Crippen LogP contribution >= 0.6 is 0 Å². The van der Waals surface area contributed by atoms with Crippen molar-refractivity contribution in [2.45, 2.75) is 44.9 Å². The molecule has 2 N–H and O–H groups in total. The number of aromatic nitrogens is 4. The van der Waals surface area contributed by atoms with Gasteiger partial charge in [-0.15, -0.1) is 0 Å². The Morgan fingerprint density at radius 2 is 1.89 bits per heavy atom. The maximum absolute atomic E-state index is 10.8. The molecule has 0 atom stereocenters. The van der Waals surface area contributed by atoms with Gasteiger partial charge < -0.3 is 14.9 Å². The zero-order chi connectivity index (χ0) is 18.8. The first-order chi connectivity index (χ1) is 13.1. The van der Waals surface area contributed by atoms with Crippen LogP contribution in [0, 0.1) is 6.92 Å². The first-order valence-electron chi connectivity index (χ1n) is 9.70. The highest BCUT2D eigenvalue weighted by atomic mass is 16.4. The molecule has 0 unspecified atom stereocenters. The van der Waals surface area contributed by atoms with Crippen molar-refractivity contribution in [1.82, 2.24) is 20.2 Å². The van der Waals surface area contributed by atoms with Crippen molar-refractivity contribution in [3.05, 3.63) is 29.2 Å². The Hall–Kier alpha value is -2.64. The molecule has 4 rings (SSSR count). The van der Waals surface area contributed by atoms with Gasteiger partial charge in [0.05, 0.1) is 12.1 Å². The zero-order valence-electron chi connectivity index (χ0n) is 15.7. The number of nitrogens with one attached hydrogen (secondary N) is 1. The number of nitrogens with zero attached hydrogens (tertiary/aromatic N) is 5. The molecule has 0 radical (unpaired) electrons. The number of piperidine rings is 1. The van der Waals surface area contributed by atoms with Gasteiger partial charge in [-0.1, -0.05) is 0 Å². The molecule has 2 aromatic rings. The minimum atomic E-state index is -0.851. The second kappa shape index (κ2) is 7.54. The SMILES string of the molecule is Cc1cc(N2CCC(c3cc(CC(=O)O)n[nH]3)CC2)nc(N2CCCC2)n1. The molecular weight excluding hydrogens is 344 g/mol. The molecular formula is C19H26N6O2. The summed E-state index contributed by atoms with van der Waals surface area (Å²) < 4.78 is 0. The summed E-state index contributed by atoms with van der Waals surface area (Å²) >= 11 is 0. The molecule has 2 aliphatic rings. The molecule has 2 fully saturated rings. The summed E-state index contributed by atoms with van der Waals surface area (Å²) in [6.45, 7) is 5.97. The number of anilines is 2. The molecule has 0 aromatic carbocycles. The molecule has 2 aromatic heterocycles. The second-order valence-electron chi connectivity index (χ2n) is 7.51. The van der Waals surface area contributed by atoms with E-state index in [0.717, 1.165) is 62.2 Å². The summed E-state index contributed by atoms with van der Waals surface area (Å²) in [6.07, 6.45) is 4.39. The monoisotopic (exact) mass is 370 g/mol. The Kier molecular flexibility index (Phi) is 4.96. The van der Waals surface area contributed by atoms with Gasteiger partial charge in [0.15, 0.2) is 0 Å². The quantitative estimate of drug-likeness (QED) is 0.832. The number of carboxylic acid groups (broad SMARTS) is 1. The fourth-order valence-electron chi connectivity index (χ4n) is 4.01. The fourth-order valence-corrected chi connectivity index (χ4v) is 4.01. The minimum absolute atomic E-state index is 0.0329. The van der Waals surface area contributed by atoms with Gasteiger partial charge in [-0.2, -0.15) is 10.1 Å². The number of rotatable bonds is 5. The first-order valence-corrected chi connectivity index (χ1v) is 9.70. The third-order valence-corrected chi connectivity index (χ3v) is 5.46. The number of hydrogen-bond acceptors (Lipinski definition) is 6. The van der Waals surface area contributed by atoms with Crippen LogP contribution in [0.15, 0.2) is 12.1 Å². The van der Waals surface area contributed by atoms with Crippen LogP contribution in [-0.4, -0.2) is 57.4 Å². The van der Waals surface area contributed by atoms with E-state index >= 15 is 0 Å². The molecule has 0 spiro atoms. The summed E-state index contributed by atoms with van der Waals surface area (Å²) in [5, 5.41) is 16.1. The molecule has 27 heavy (non-hydrogen) atoms. The summed E-state index contributed by atoms with van der Waals surface area (Å²) in [5.41, 5.74) is 2.65. The van der Waals surface area contributed by atoms with Crippen LogP contribution in [0.1, 0.15) is 48.7 Å². The number of aromatic amines is 1. The number of carbonyl (C=O) groups is 1. The van der Waals surface area contributed by atoms with Crippen LogP contribution in [0.2, 0.25) is 0 Å². The van der Waals surface area contributed by atoms with Gasteiger partial charge in [0.2, 0.25) is 5.95 Å². The van der Waals surface area contributed by atoms with E-state index < -0.39 is 5.97 Å². The first kappa shape index (κ1) is 17.8. The van der Waals surface area contributed by atoms with E-state index in [1.165, 1.54) is 12.8 Å². The number of aryl methyl sites for hydroxylation is 1. The molecule has 0 saturated carbocycles. The van der Waals surface area contributed by atoms with Crippen LogP contribution in [0.25, 0.3) is 0 Å². The Morgan fingerprint density at radius 3 is 2.59 bits per heavy atom. The Labute approximate surface area is 158 Å². The van der Waals surface area contributed by atoms with Crippen molar-refractivity contribution in [3.63, 3.8) is 0 Å². The van der Waals surface area contributed by atoms with Crippen LogP contribution in [0.3, 0.4) is 0 Å². The molecule has 0 amide bonds.